The molecule has 79 heavy (non-hydrogen) atoms. The summed E-state index contributed by atoms with van der Waals surface area (Å²) in [5.41, 5.74) is 0. The van der Waals surface area contributed by atoms with Crippen molar-refractivity contribution in [3.8, 4) is 0 Å². The topological polar surface area (TPSA) is 69.6 Å². The average molecular weight is 1110 g/mol. The highest BCUT2D eigenvalue weighted by Gasteiger charge is 2.18. The van der Waals surface area contributed by atoms with Gasteiger partial charge in [-0.15, -0.1) is 0 Å². The van der Waals surface area contributed by atoms with E-state index < -0.39 is 12.1 Å². The Morgan fingerprint density at radius 2 is 0.494 bits per heavy atom. The first kappa shape index (κ1) is 77.6. The lowest BCUT2D eigenvalue weighted by atomic mass is 10.0. The van der Waals surface area contributed by atoms with Crippen LogP contribution in [-0.2, 0) is 4.79 Å². The first-order valence-electron chi connectivity index (χ1n) is 36.7. The van der Waals surface area contributed by atoms with E-state index in [9.17, 15) is 15.0 Å². The van der Waals surface area contributed by atoms with Crippen LogP contribution in [0.5, 0.6) is 0 Å². The highest BCUT2D eigenvalue weighted by molar-refractivity contribution is 5.76. The molecule has 4 nitrogen and oxygen atoms in total. The van der Waals surface area contributed by atoms with Gasteiger partial charge in [0.15, 0.2) is 0 Å². The van der Waals surface area contributed by atoms with E-state index in [1.807, 2.05) is 6.08 Å². The minimum Gasteiger partial charge on any atom is -0.394 e. The van der Waals surface area contributed by atoms with E-state index in [2.05, 4.69) is 43.5 Å². The van der Waals surface area contributed by atoms with Gasteiger partial charge in [0.2, 0.25) is 5.91 Å². The van der Waals surface area contributed by atoms with Gasteiger partial charge in [-0.05, 0) is 44.9 Å². The second-order valence-corrected chi connectivity index (χ2v) is 25.4. The first-order chi connectivity index (χ1) is 39.2. The fourth-order valence-electron chi connectivity index (χ4n) is 11.8. The summed E-state index contributed by atoms with van der Waals surface area (Å²) in [6, 6.07) is -0.646. The predicted octanol–water partition coefficient (Wildman–Crippen LogP) is 25.1. The van der Waals surface area contributed by atoms with Crippen molar-refractivity contribution in [2.75, 3.05) is 6.61 Å². The molecule has 0 saturated heterocycles. The molecule has 1 amide bonds. The van der Waals surface area contributed by atoms with Crippen molar-refractivity contribution in [1.82, 2.24) is 5.32 Å². The molecule has 0 heterocycles. The van der Waals surface area contributed by atoms with Gasteiger partial charge in [-0.3, -0.25) is 4.79 Å². The van der Waals surface area contributed by atoms with Gasteiger partial charge in [0.05, 0.1) is 18.8 Å². The van der Waals surface area contributed by atoms with E-state index in [1.165, 1.54) is 360 Å². The van der Waals surface area contributed by atoms with E-state index in [-0.39, 0.29) is 12.5 Å². The van der Waals surface area contributed by atoms with Gasteiger partial charge in [0, 0.05) is 6.42 Å². The lowest BCUT2D eigenvalue weighted by molar-refractivity contribution is -0.123. The van der Waals surface area contributed by atoms with Crippen molar-refractivity contribution in [3.63, 3.8) is 0 Å². The number of hydrogen-bond acceptors (Lipinski definition) is 3. The van der Waals surface area contributed by atoms with Gasteiger partial charge < -0.3 is 15.5 Å². The molecule has 0 aromatic heterocycles. The molecule has 3 N–H and O–H groups in total. The molecular formula is C75H145NO3. The molecule has 0 aliphatic heterocycles. The SMILES string of the molecule is CCCCCCCCCCCCCCCCCCCCCC/C=C/CC/C=C/CC/C=C/C(O)C(CO)NC(=O)CCCCCCCCCCCCCCCCCCCCCCCCCCCCCCCCCCCCCCC. The molecule has 2 atom stereocenters. The van der Waals surface area contributed by atoms with Crippen molar-refractivity contribution < 1.29 is 15.0 Å². The maximum Gasteiger partial charge on any atom is 0.220 e. The summed E-state index contributed by atoms with van der Waals surface area (Å²) in [7, 11) is 0. The van der Waals surface area contributed by atoms with Crippen molar-refractivity contribution in [3.05, 3.63) is 36.5 Å². The average Bonchev–Trinajstić information content (AvgIpc) is 3.45. The zero-order valence-corrected chi connectivity index (χ0v) is 54.2. The second-order valence-electron chi connectivity index (χ2n) is 25.4. The van der Waals surface area contributed by atoms with Crippen LogP contribution in [-0.4, -0.2) is 34.9 Å². The third-order valence-corrected chi connectivity index (χ3v) is 17.4. The standard InChI is InChI=1S/C75H145NO3/c1-3-5-7-9-11-13-15-17-19-21-23-25-27-29-31-33-35-36-37-38-39-40-41-43-45-47-49-51-53-55-57-59-61-63-65-67-69-71-75(79)76-73(72-77)74(78)70-68-66-64-62-60-58-56-54-52-50-48-46-44-42-34-32-30-28-26-24-22-20-18-16-14-12-10-8-6-4-2/h52,54,60,62,68,70,73-74,77-78H,3-51,53,55-59,61,63-67,69,71-72H2,1-2H3,(H,76,79)/b54-52+,62-60+,70-68+. The maximum atomic E-state index is 12.5. The van der Waals surface area contributed by atoms with Crippen molar-refractivity contribution in [1.29, 1.82) is 0 Å². The minimum atomic E-state index is -0.871. The molecule has 4 heteroatoms. The molecule has 0 aromatic carbocycles. The monoisotopic (exact) mass is 1110 g/mol. The molecule has 0 fully saturated rings. The largest absolute Gasteiger partial charge is 0.394 e. The Bertz CT molecular complexity index is 1210. The van der Waals surface area contributed by atoms with Crippen LogP contribution in [0.1, 0.15) is 418 Å². The minimum absolute atomic E-state index is 0.0690. The van der Waals surface area contributed by atoms with Crippen LogP contribution >= 0.6 is 0 Å². The Morgan fingerprint density at radius 3 is 0.734 bits per heavy atom. The molecule has 0 saturated carbocycles. The Hall–Kier alpha value is -1.39. The van der Waals surface area contributed by atoms with Crippen LogP contribution in [0.3, 0.4) is 0 Å². The second kappa shape index (κ2) is 70.9. The van der Waals surface area contributed by atoms with Gasteiger partial charge in [0.1, 0.15) is 0 Å². The van der Waals surface area contributed by atoms with Crippen LogP contribution in [0.25, 0.3) is 0 Å². The quantitative estimate of drug-likeness (QED) is 0.0420. The molecule has 0 aromatic rings. The van der Waals surface area contributed by atoms with Gasteiger partial charge in [0.25, 0.3) is 0 Å². The Labute approximate surface area is 497 Å². The number of amides is 1. The number of hydrogen-bond donors (Lipinski definition) is 3. The van der Waals surface area contributed by atoms with Crippen LogP contribution in [0.15, 0.2) is 36.5 Å². The van der Waals surface area contributed by atoms with E-state index >= 15 is 0 Å². The molecule has 0 radical (unpaired) electrons. The summed E-state index contributed by atoms with van der Waals surface area (Å²) in [4.78, 5) is 12.5. The number of rotatable bonds is 69. The number of carbonyl (C=O) groups is 1. The third-order valence-electron chi connectivity index (χ3n) is 17.4. The number of aliphatic hydroxyl groups is 2. The molecule has 0 aliphatic carbocycles. The Balaban J connectivity index is 3.43. The number of aliphatic hydroxyl groups excluding tert-OH is 2. The van der Waals surface area contributed by atoms with Crippen molar-refractivity contribution in [2.45, 2.75) is 431 Å². The van der Waals surface area contributed by atoms with E-state index in [1.54, 1.807) is 6.08 Å². The normalized spacial score (nSPS) is 12.8. The van der Waals surface area contributed by atoms with Crippen LogP contribution in [0.4, 0.5) is 0 Å². The zero-order chi connectivity index (χ0) is 56.9. The Morgan fingerprint density at radius 1 is 0.291 bits per heavy atom. The highest BCUT2D eigenvalue weighted by atomic mass is 16.3. The first-order valence-corrected chi connectivity index (χ1v) is 36.7. The fraction of sp³-hybridized carbons (Fsp3) is 0.907. The number of carbonyl (C=O) groups excluding carboxylic acids is 1. The molecular weight excluding hydrogens is 963 g/mol. The van der Waals surface area contributed by atoms with E-state index in [0.29, 0.717) is 6.42 Å². The fourth-order valence-corrected chi connectivity index (χ4v) is 11.8. The van der Waals surface area contributed by atoms with Crippen LogP contribution in [0.2, 0.25) is 0 Å². The van der Waals surface area contributed by atoms with E-state index in [4.69, 9.17) is 0 Å². The lowest BCUT2D eigenvalue weighted by Gasteiger charge is -2.19. The van der Waals surface area contributed by atoms with Gasteiger partial charge >= 0.3 is 0 Å². The summed E-state index contributed by atoms with van der Waals surface area (Å²) in [6.45, 7) is 4.35. The Kier molecular flexibility index (Phi) is 69.6. The number of unbranched alkanes of at least 4 members (excludes halogenated alkanes) is 58. The van der Waals surface area contributed by atoms with Gasteiger partial charge in [-0.25, -0.2) is 0 Å². The lowest BCUT2D eigenvalue weighted by Crippen LogP contribution is -2.45. The maximum absolute atomic E-state index is 12.5. The molecule has 0 aliphatic rings. The smallest absolute Gasteiger partial charge is 0.220 e. The number of nitrogens with one attached hydrogen (secondary N) is 1. The zero-order valence-electron chi connectivity index (χ0n) is 54.2. The molecule has 0 spiro atoms. The van der Waals surface area contributed by atoms with Crippen molar-refractivity contribution in [2.24, 2.45) is 0 Å². The summed E-state index contributed by atoms with van der Waals surface area (Å²) in [6.07, 6.45) is 98.4. The summed E-state index contributed by atoms with van der Waals surface area (Å²) in [5.74, 6) is -0.0690. The molecule has 468 valence electrons. The third kappa shape index (κ3) is 67.3. The van der Waals surface area contributed by atoms with Crippen molar-refractivity contribution >= 4 is 5.91 Å². The summed E-state index contributed by atoms with van der Waals surface area (Å²) >= 11 is 0. The molecule has 0 rings (SSSR count). The molecule has 0 bridgehead atoms. The highest BCUT2D eigenvalue weighted by Crippen LogP contribution is 2.20. The summed E-state index contributed by atoms with van der Waals surface area (Å²) < 4.78 is 0. The molecule has 2 unspecified atom stereocenters. The predicted molar refractivity (Wildman–Crippen MR) is 355 cm³/mol. The van der Waals surface area contributed by atoms with Gasteiger partial charge in [-0.1, -0.05) is 403 Å². The van der Waals surface area contributed by atoms with Gasteiger partial charge in [-0.2, -0.15) is 0 Å². The summed E-state index contributed by atoms with van der Waals surface area (Å²) in [5, 5.41) is 23.3. The number of allylic oxidation sites excluding steroid dienone is 5. The van der Waals surface area contributed by atoms with Crippen LogP contribution < -0.4 is 5.32 Å². The van der Waals surface area contributed by atoms with Crippen LogP contribution in [0, 0.1) is 0 Å². The van der Waals surface area contributed by atoms with E-state index in [0.717, 1.165) is 38.5 Å².